The van der Waals surface area contributed by atoms with E-state index in [1.807, 2.05) is 18.2 Å². The Balaban J connectivity index is 0.000000141. The molecule has 1 heterocycles. The van der Waals surface area contributed by atoms with Crippen LogP contribution in [-0.2, 0) is 27.9 Å². The van der Waals surface area contributed by atoms with Crippen molar-refractivity contribution < 1.29 is 9.47 Å². The first kappa shape index (κ1) is 22.2. The van der Waals surface area contributed by atoms with Gasteiger partial charge < -0.3 is 9.47 Å². The van der Waals surface area contributed by atoms with E-state index < -0.39 is 0 Å². The Morgan fingerprint density at radius 1 is 0.818 bits per heavy atom. The third-order valence-electron chi connectivity index (χ3n) is 6.98. The predicted molar refractivity (Wildman–Crippen MR) is 141 cm³/mol. The van der Waals surface area contributed by atoms with Crippen LogP contribution < -0.4 is 0 Å². The number of rotatable bonds is 2. The highest BCUT2D eigenvalue weighted by Gasteiger charge is 2.31. The molecule has 0 bridgehead atoms. The van der Waals surface area contributed by atoms with E-state index in [2.05, 4.69) is 76.6 Å². The molecule has 168 valence electrons. The van der Waals surface area contributed by atoms with Crippen LogP contribution in [0.4, 0.5) is 0 Å². The van der Waals surface area contributed by atoms with E-state index in [0.717, 1.165) is 16.5 Å². The largest absolute Gasteiger partial charge is 0.501 e. The maximum absolute atomic E-state index is 5.62. The van der Waals surface area contributed by atoms with Gasteiger partial charge in [0.2, 0.25) is 0 Å². The first-order valence-corrected chi connectivity index (χ1v) is 12.5. The Morgan fingerprint density at radius 3 is 2.39 bits per heavy atom. The monoisotopic (exact) mass is 500 g/mol. The Bertz CT molecular complexity index is 1290. The average Bonchev–Trinajstić information content (AvgIpc) is 2.89. The Kier molecular flexibility index (Phi) is 6.52. The minimum atomic E-state index is -0.320. The highest BCUT2D eigenvalue weighted by Crippen LogP contribution is 2.34. The summed E-state index contributed by atoms with van der Waals surface area (Å²) in [5.41, 5.74) is 4.01. The van der Waals surface area contributed by atoms with Gasteiger partial charge in [-0.15, -0.1) is 0 Å². The number of benzene rings is 4. The van der Waals surface area contributed by atoms with Crippen molar-refractivity contribution in [2.45, 2.75) is 37.7 Å². The fourth-order valence-electron chi connectivity index (χ4n) is 5.12. The van der Waals surface area contributed by atoms with Crippen LogP contribution in [0.5, 0.6) is 0 Å². The maximum Gasteiger partial charge on any atom is 0.117 e. The molecule has 0 saturated carbocycles. The van der Waals surface area contributed by atoms with E-state index in [9.17, 15) is 0 Å². The van der Waals surface area contributed by atoms with Crippen LogP contribution in [0.2, 0.25) is 0 Å². The Morgan fingerprint density at radius 2 is 1.61 bits per heavy atom. The summed E-state index contributed by atoms with van der Waals surface area (Å²) in [6.07, 6.45) is 9.75. The molecule has 0 radical (unpaired) electrons. The molecule has 1 unspecified atom stereocenters. The third-order valence-corrected chi connectivity index (χ3v) is 7.51. The summed E-state index contributed by atoms with van der Waals surface area (Å²) in [4.78, 5) is 0. The molecule has 1 aliphatic carbocycles. The van der Waals surface area contributed by atoms with Gasteiger partial charge in [-0.2, -0.15) is 0 Å². The summed E-state index contributed by atoms with van der Waals surface area (Å²) >= 11 is 3.43. The molecule has 1 atom stereocenters. The SMILES string of the molecule is COC1(c2ccc(Br)cc2)C=COCC1.c1ccc2c(c1)ccc1c3c(ccc12)CCCC3. The van der Waals surface area contributed by atoms with Gasteiger partial charge in [0.25, 0.3) is 0 Å². The van der Waals surface area contributed by atoms with Gasteiger partial charge in [0, 0.05) is 18.0 Å². The zero-order valence-electron chi connectivity index (χ0n) is 19.0. The highest BCUT2D eigenvalue weighted by molar-refractivity contribution is 9.10. The standard InChI is InChI=1S/C18H16.C12H13BrO2/c1-3-7-15-13(5-1)9-11-18-16-8-4-2-6-14(16)10-12-17(15)18;1-14-12(6-8-15-9-7-12)10-2-4-11(13)5-3-10/h1,3,5,7,9-12H,2,4,6,8H2;2-6,8H,7,9H2,1H3. The molecule has 0 saturated heterocycles. The van der Waals surface area contributed by atoms with E-state index in [1.165, 1.54) is 47.2 Å². The van der Waals surface area contributed by atoms with E-state index in [4.69, 9.17) is 9.47 Å². The smallest absolute Gasteiger partial charge is 0.117 e. The van der Waals surface area contributed by atoms with Gasteiger partial charge in [-0.3, -0.25) is 0 Å². The zero-order chi connectivity index (χ0) is 22.7. The third kappa shape index (κ3) is 4.45. The number of hydrogen-bond donors (Lipinski definition) is 0. The van der Waals surface area contributed by atoms with Crippen LogP contribution in [0.1, 0.15) is 36.0 Å². The lowest BCUT2D eigenvalue weighted by Crippen LogP contribution is -2.29. The van der Waals surface area contributed by atoms with Crippen molar-refractivity contribution in [2.24, 2.45) is 0 Å². The second kappa shape index (κ2) is 9.70. The van der Waals surface area contributed by atoms with Gasteiger partial charge >= 0.3 is 0 Å². The molecule has 6 rings (SSSR count). The lowest BCUT2D eigenvalue weighted by molar-refractivity contribution is -0.00884. The molecule has 0 fully saturated rings. The van der Waals surface area contributed by atoms with Crippen molar-refractivity contribution in [3.05, 3.63) is 106 Å². The van der Waals surface area contributed by atoms with E-state index >= 15 is 0 Å². The molecule has 0 spiro atoms. The molecule has 4 aromatic carbocycles. The molecule has 4 aromatic rings. The van der Waals surface area contributed by atoms with Gasteiger partial charge in [-0.25, -0.2) is 0 Å². The molecule has 3 heteroatoms. The van der Waals surface area contributed by atoms with Gasteiger partial charge in [-0.1, -0.05) is 76.6 Å². The normalized spacial score (nSPS) is 19.5. The van der Waals surface area contributed by atoms with Crippen molar-refractivity contribution in [2.75, 3.05) is 13.7 Å². The van der Waals surface area contributed by atoms with E-state index in [0.29, 0.717) is 6.61 Å². The van der Waals surface area contributed by atoms with Gasteiger partial charge in [0.05, 0.1) is 12.9 Å². The van der Waals surface area contributed by atoms with E-state index in [-0.39, 0.29) is 5.60 Å². The topological polar surface area (TPSA) is 18.5 Å². The number of fused-ring (bicyclic) bond motifs is 5. The lowest BCUT2D eigenvalue weighted by Gasteiger charge is -2.32. The number of methoxy groups -OCH3 is 1. The molecule has 33 heavy (non-hydrogen) atoms. The first-order valence-electron chi connectivity index (χ1n) is 11.7. The quantitative estimate of drug-likeness (QED) is 0.259. The van der Waals surface area contributed by atoms with Crippen LogP contribution in [0, 0.1) is 0 Å². The van der Waals surface area contributed by atoms with E-state index in [1.54, 1.807) is 24.5 Å². The molecular formula is C30H29BrO2. The van der Waals surface area contributed by atoms with Gasteiger partial charge in [0.15, 0.2) is 0 Å². The summed E-state index contributed by atoms with van der Waals surface area (Å²) < 4.78 is 11.9. The predicted octanol–water partition coefficient (Wildman–Crippen LogP) is 8.10. The molecule has 0 aromatic heterocycles. The number of hydrogen-bond acceptors (Lipinski definition) is 2. The molecular weight excluding hydrogens is 472 g/mol. The van der Waals surface area contributed by atoms with Crippen LogP contribution in [0.3, 0.4) is 0 Å². The van der Waals surface area contributed by atoms with Crippen molar-refractivity contribution in [1.29, 1.82) is 0 Å². The maximum atomic E-state index is 5.62. The van der Waals surface area contributed by atoms with Crippen LogP contribution in [-0.4, -0.2) is 13.7 Å². The van der Waals surface area contributed by atoms with Crippen molar-refractivity contribution in [1.82, 2.24) is 0 Å². The molecule has 0 N–H and O–H groups in total. The second-order valence-electron chi connectivity index (χ2n) is 8.82. The summed E-state index contributed by atoms with van der Waals surface area (Å²) in [7, 11) is 1.73. The van der Waals surface area contributed by atoms with Gasteiger partial charge in [0.1, 0.15) is 5.60 Å². The Labute approximate surface area is 204 Å². The van der Waals surface area contributed by atoms with Crippen LogP contribution in [0.15, 0.2) is 89.6 Å². The van der Waals surface area contributed by atoms with Crippen molar-refractivity contribution in [3.63, 3.8) is 0 Å². The van der Waals surface area contributed by atoms with Crippen molar-refractivity contribution >= 4 is 37.5 Å². The molecule has 0 amide bonds. The fraction of sp³-hybridized carbons (Fsp3) is 0.267. The lowest BCUT2D eigenvalue weighted by atomic mass is 9.86. The molecule has 2 nitrogen and oxygen atoms in total. The summed E-state index contributed by atoms with van der Waals surface area (Å²) in [6, 6.07) is 26.2. The summed E-state index contributed by atoms with van der Waals surface area (Å²) in [5.74, 6) is 0. The first-order chi connectivity index (χ1) is 16.2. The summed E-state index contributed by atoms with van der Waals surface area (Å²) in [5, 5.41) is 5.64. The molecule has 1 aliphatic heterocycles. The van der Waals surface area contributed by atoms with Crippen LogP contribution >= 0.6 is 15.9 Å². The number of ether oxygens (including phenoxy) is 2. The van der Waals surface area contributed by atoms with Gasteiger partial charge in [-0.05, 0) is 82.1 Å². The molecule has 2 aliphatic rings. The van der Waals surface area contributed by atoms with Crippen molar-refractivity contribution in [3.8, 4) is 0 Å². The minimum Gasteiger partial charge on any atom is -0.501 e. The number of halogens is 1. The Hall–Kier alpha value is -2.62. The number of aryl methyl sites for hydroxylation is 2. The average molecular weight is 501 g/mol. The zero-order valence-corrected chi connectivity index (χ0v) is 20.6. The fourth-order valence-corrected chi connectivity index (χ4v) is 5.39. The minimum absolute atomic E-state index is 0.320. The highest BCUT2D eigenvalue weighted by atomic mass is 79.9. The van der Waals surface area contributed by atoms with Crippen LogP contribution in [0.25, 0.3) is 21.5 Å². The second-order valence-corrected chi connectivity index (χ2v) is 9.73. The summed E-state index contributed by atoms with van der Waals surface area (Å²) in [6.45, 7) is 0.695.